The van der Waals surface area contributed by atoms with Gasteiger partial charge in [-0.25, -0.2) is 0 Å². The molecule has 0 aromatic heterocycles. The van der Waals surface area contributed by atoms with Crippen LogP contribution in [0.4, 0.5) is 18.9 Å². The highest BCUT2D eigenvalue weighted by Gasteiger charge is 2.35. The van der Waals surface area contributed by atoms with Crippen molar-refractivity contribution in [2.24, 2.45) is 0 Å². The van der Waals surface area contributed by atoms with Crippen molar-refractivity contribution in [2.45, 2.75) is 25.6 Å². The number of alkyl halides is 3. The second-order valence-corrected chi connectivity index (χ2v) is 4.20. The summed E-state index contributed by atoms with van der Waals surface area (Å²) in [5.41, 5.74) is 3.85. The molecule has 0 fully saturated rings. The average Bonchev–Trinajstić information content (AvgIpc) is 2.18. The molecule has 0 amide bonds. The number of anilines is 1. The van der Waals surface area contributed by atoms with Gasteiger partial charge in [-0.3, -0.25) is 4.79 Å². The fourth-order valence-corrected chi connectivity index (χ4v) is 1.42. The van der Waals surface area contributed by atoms with E-state index in [0.29, 0.717) is 0 Å². The summed E-state index contributed by atoms with van der Waals surface area (Å²) in [5.74, 6) is -1.80. The van der Waals surface area contributed by atoms with E-state index in [1.54, 1.807) is 0 Å². The van der Waals surface area contributed by atoms with Crippen molar-refractivity contribution in [3.05, 3.63) is 23.8 Å². The third kappa shape index (κ3) is 2.85. The third-order valence-electron chi connectivity index (χ3n) is 2.50. The Balaban J connectivity index is 3.26. The van der Waals surface area contributed by atoms with E-state index >= 15 is 0 Å². The Bertz CT molecular complexity index is 469. The lowest BCUT2D eigenvalue weighted by atomic mass is 9.83. The number of carboxylic acid groups (broad SMARTS) is 1. The molecule has 0 aliphatic heterocycles. The monoisotopic (exact) mass is 263 g/mol. The van der Waals surface area contributed by atoms with Gasteiger partial charge >= 0.3 is 12.3 Å². The van der Waals surface area contributed by atoms with Gasteiger partial charge in [0.2, 0.25) is 0 Å². The number of carboxylic acids is 1. The highest BCUT2D eigenvalue weighted by atomic mass is 19.4. The van der Waals surface area contributed by atoms with E-state index in [1.165, 1.54) is 26.0 Å². The molecular formula is C11H12F3NO3. The fraction of sp³-hybridized carbons (Fsp3) is 0.364. The molecule has 1 aromatic rings. The summed E-state index contributed by atoms with van der Waals surface area (Å²) in [6.07, 6.45) is -4.87. The molecule has 100 valence electrons. The van der Waals surface area contributed by atoms with Crippen LogP contribution in [0.15, 0.2) is 18.2 Å². The van der Waals surface area contributed by atoms with Gasteiger partial charge in [-0.15, -0.1) is 13.2 Å². The van der Waals surface area contributed by atoms with Crippen molar-refractivity contribution in [3.8, 4) is 5.75 Å². The second-order valence-electron chi connectivity index (χ2n) is 4.20. The first-order valence-electron chi connectivity index (χ1n) is 4.94. The minimum atomic E-state index is -4.87. The molecule has 0 atom stereocenters. The Morgan fingerprint density at radius 3 is 2.33 bits per heavy atom. The van der Waals surface area contributed by atoms with Crippen molar-refractivity contribution in [1.29, 1.82) is 0 Å². The largest absolute Gasteiger partial charge is 0.573 e. The molecular weight excluding hydrogens is 251 g/mol. The average molecular weight is 263 g/mol. The predicted molar refractivity (Wildman–Crippen MR) is 58.2 cm³/mol. The molecule has 0 radical (unpaired) electrons. The van der Waals surface area contributed by atoms with E-state index in [1.807, 2.05) is 0 Å². The van der Waals surface area contributed by atoms with Gasteiger partial charge in [0, 0.05) is 0 Å². The molecule has 0 saturated carbocycles. The molecule has 7 heteroatoms. The van der Waals surface area contributed by atoms with Crippen LogP contribution >= 0.6 is 0 Å². The lowest BCUT2D eigenvalue weighted by Crippen LogP contribution is -2.30. The van der Waals surface area contributed by atoms with Crippen LogP contribution in [-0.2, 0) is 10.2 Å². The summed E-state index contributed by atoms with van der Waals surface area (Å²) >= 11 is 0. The van der Waals surface area contributed by atoms with E-state index in [2.05, 4.69) is 4.74 Å². The molecule has 0 unspecified atom stereocenters. The normalized spacial score (nSPS) is 12.3. The number of nitrogen functional groups attached to an aromatic ring is 1. The van der Waals surface area contributed by atoms with E-state index in [9.17, 15) is 18.0 Å². The molecule has 1 aromatic carbocycles. The molecule has 1 rings (SSSR count). The highest BCUT2D eigenvalue weighted by molar-refractivity contribution is 5.83. The summed E-state index contributed by atoms with van der Waals surface area (Å²) in [6, 6.07) is 3.65. The minimum absolute atomic E-state index is 0.0664. The fourth-order valence-electron chi connectivity index (χ4n) is 1.42. The molecule has 0 spiro atoms. The van der Waals surface area contributed by atoms with Gasteiger partial charge in [0.15, 0.2) is 5.75 Å². The zero-order chi connectivity index (χ0) is 14.1. The van der Waals surface area contributed by atoms with Crippen LogP contribution in [0.25, 0.3) is 0 Å². The van der Waals surface area contributed by atoms with Crippen LogP contribution in [0.1, 0.15) is 19.4 Å². The number of carbonyl (C=O) groups is 1. The Hall–Kier alpha value is -1.92. The van der Waals surface area contributed by atoms with Gasteiger partial charge < -0.3 is 15.6 Å². The van der Waals surface area contributed by atoms with Crippen LogP contribution in [0.3, 0.4) is 0 Å². The molecule has 18 heavy (non-hydrogen) atoms. The van der Waals surface area contributed by atoms with Gasteiger partial charge in [0.05, 0.1) is 11.1 Å². The third-order valence-corrected chi connectivity index (χ3v) is 2.50. The lowest BCUT2D eigenvalue weighted by molar-refractivity contribution is -0.274. The van der Waals surface area contributed by atoms with Crippen molar-refractivity contribution in [2.75, 3.05) is 5.73 Å². The number of nitrogens with two attached hydrogens (primary N) is 1. The van der Waals surface area contributed by atoms with Crippen molar-refractivity contribution in [1.82, 2.24) is 0 Å². The van der Waals surface area contributed by atoms with Crippen LogP contribution in [0.5, 0.6) is 5.75 Å². The standard InChI is InChI=1S/C11H12F3NO3/c1-10(2,9(16)17)6-4-3-5-7(8(6)15)18-11(12,13)14/h3-5H,15H2,1-2H3,(H,16,17). The first-order valence-corrected chi connectivity index (χ1v) is 4.94. The lowest BCUT2D eigenvalue weighted by Gasteiger charge is -2.23. The Kier molecular flexibility index (Phi) is 3.45. The number of para-hydroxylation sites is 1. The summed E-state index contributed by atoms with van der Waals surface area (Å²) in [5, 5.41) is 9.02. The Morgan fingerprint density at radius 2 is 1.89 bits per heavy atom. The van der Waals surface area contributed by atoms with Crippen molar-refractivity contribution in [3.63, 3.8) is 0 Å². The van der Waals surface area contributed by atoms with Gasteiger partial charge in [-0.2, -0.15) is 0 Å². The number of rotatable bonds is 3. The summed E-state index contributed by atoms with van der Waals surface area (Å²) in [6.45, 7) is 2.69. The zero-order valence-corrected chi connectivity index (χ0v) is 9.71. The zero-order valence-electron chi connectivity index (χ0n) is 9.71. The summed E-state index contributed by atoms with van der Waals surface area (Å²) in [7, 11) is 0. The van der Waals surface area contributed by atoms with Crippen molar-refractivity contribution < 1.29 is 27.8 Å². The molecule has 0 aliphatic carbocycles. The maximum atomic E-state index is 12.1. The number of hydrogen-bond acceptors (Lipinski definition) is 3. The molecule has 4 nitrogen and oxygen atoms in total. The van der Waals surface area contributed by atoms with Gasteiger partial charge in [0.1, 0.15) is 0 Å². The van der Waals surface area contributed by atoms with Crippen LogP contribution in [0, 0.1) is 0 Å². The molecule has 3 N–H and O–H groups in total. The molecule has 0 saturated heterocycles. The summed E-state index contributed by atoms with van der Waals surface area (Å²) < 4.78 is 40.1. The molecule has 0 aliphatic rings. The number of halogens is 3. The van der Waals surface area contributed by atoms with Crippen LogP contribution < -0.4 is 10.5 Å². The first kappa shape index (κ1) is 14.1. The maximum absolute atomic E-state index is 12.1. The first-order chi connectivity index (χ1) is 8.05. The van der Waals surface area contributed by atoms with Crippen LogP contribution in [-0.4, -0.2) is 17.4 Å². The van der Waals surface area contributed by atoms with Crippen LogP contribution in [0.2, 0.25) is 0 Å². The maximum Gasteiger partial charge on any atom is 0.573 e. The summed E-state index contributed by atoms with van der Waals surface area (Å²) in [4.78, 5) is 11.1. The number of hydrogen-bond donors (Lipinski definition) is 2. The predicted octanol–water partition coefficient (Wildman–Crippen LogP) is 2.53. The van der Waals surface area contributed by atoms with E-state index in [4.69, 9.17) is 10.8 Å². The molecule has 0 bridgehead atoms. The number of ether oxygens (including phenoxy) is 1. The van der Waals surface area contributed by atoms with Gasteiger partial charge in [0.25, 0.3) is 0 Å². The Morgan fingerprint density at radius 1 is 1.33 bits per heavy atom. The van der Waals surface area contributed by atoms with E-state index in [-0.39, 0.29) is 11.3 Å². The molecule has 0 heterocycles. The minimum Gasteiger partial charge on any atom is -0.481 e. The van der Waals surface area contributed by atoms with E-state index < -0.39 is 23.5 Å². The Labute approximate surface area is 101 Å². The topological polar surface area (TPSA) is 72.5 Å². The van der Waals surface area contributed by atoms with Gasteiger partial charge in [-0.1, -0.05) is 12.1 Å². The SMILES string of the molecule is CC(C)(C(=O)O)c1cccc(OC(F)(F)F)c1N. The number of aliphatic carboxylic acids is 1. The van der Waals surface area contributed by atoms with Crippen molar-refractivity contribution >= 4 is 11.7 Å². The highest BCUT2D eigenvalue weighted by Crippen LogP contribution is 2.36. The quantitative estimate of drug-likeness (QED) is 0.822. The van der Waals surface area contributed by atoms with Gasteiger partial charge in [-0.05, 0) is 25.5 Å². The smallest absolute Gasteiger partial charge is 0.481 e. The second kappa shape index (κ2) is 4.40. The van der Waals surface area contributed by atoms with E-state index in [0.717, 1.165) is 6.07 Å². The number of benzene rings is 1.